The lowest BCUT2D eigenvalue weighted by molar-refractivity contribution is -0.276. The van der Waals surface area contributed by atoms with Gasteiger partial charge in [-0.3, -0.25) is 14.5 Å². The molecule has 1 unspecified atom stereocenters. The van der Waals surface area contributed by atoms with Gasteiger partial charge in [0, 0.05) is 18.0 Å². The van der Waals surface area contributed by atoms with Gasteiger partial charge in [-0.15, -0.1) is 0 Å². The zero-order valence-corrected chi connectivity index (χ0v) is 31.5. The van der Waals surface area contributed by atoms with Crippen molar-refractivity contribution in [1.82, 2.24) is 15.1 Å². The summed E-state index contributed by atoms with van der Waals surface area (Å²) in [6.45, 7) is 5.35. The summed E-state index contributed by atoms with van der Waals surface area (Å²) in [4.78, 5) is 42.7. The highest BCUT2D eigenvalue weighted by atomic mass is 16.7. The van der Waals surface area contributed by atoms with Crippen molar-refractivity contribution in [1.29, 1.82) is 0 Å². The molecule has 10 heteroatoms. The Morgan fingerprint density at radius 3 is 2.20 bits per heavy atom. The van der Waals surface area contributed by atoms with Crippen LogP contribution in [0.4, 0.5) is 4.79 Å². The van der Waals surface area contributed by atoms with E-state index in [1.54, 1.807) is 0 Å². The van der Waals surface area contributed by atoms with E-state index in [-0.39, 0.29) is 50.2 Å². The van der Waals surface area contributed by atoms with Crippen molar-refractivity contribution < 1.29 is 33.7 Å². The van der Waals surface area contributed by atoms with Gasteiger partial charge in [-0.05, 0) is 59.3 Å². The van der Waals surface area contributed by atoms with E-state index in [0.29, 0.717) is 0 Å². The van der Waals surface area contributed by atoms with Crippen LogP contribution < -0.4 is 5.32 Å². The minimum atomic E-state index is -0.982. The van der Waals surface area contributed by atoms with Crippen LogP contribution in [0.5, 0.6) is 0 Å². The number of nitrogens with zero attached hydrogens (tertiary/aromatic N) is 2. The number of imide groups is 1. The van der Waals surface area contributed by atoms with Gasteiger partial charge in [-0.2, -0.15) is 0 Å². The number of carbonyl (C=O) groups excluding carboxylic acids is 3. The zero-order chi connectivity index (χ0) is 38.1. The number of ether oxygens (including phenoxy) is 3. The van der Waals surface area contributed by atoms with Gasteiger partial charge in [0.15, 0.2) is 6.29 Å². The first-order chi connectivity index (χ1) is 26.9. The van der Waals surface area contributed by atoms with Crippen LogP contribution in [0.3, 0.4) is 0 Å². The molecule has 0 bridgehead atoms. The Morgan fingerprint density at radius 2 is 1.47 bits per heavy atom. The molecule has 0 spiro atoms. The van der Waals surface area contributed by atoms with Crippen LogP contribution in [0.2, 0.25) is 0 Å². The van der Waals surface area contributed by atoms with Crippen molar-refractivity contribution in [3.8, 4) is 11.1 Å². The van der Waals surface area contributed by atoms with Crippen LogP contribution in [-0.4, -0.2) is 64.6 Å². The predicted molar refractivity (Wildman–Crippen MR) is 208 cm³/mol. The van der Waals surface area contributed by atoms with Crippen molar-refractivity contribution >= 4 is 17.9 Å². The average molecular weight is 746 g/mol. The van der Waals surface area contributed by atoms with E-state index in [4.69, 9.17) is 14.2 Å². The molecule has 3 aliphatic heterocycles. The maximum Gasteiger partial charge on any atom is 0.408 e. The Hall–Kier alpha value is -4.87. The maximum atomic E-state index is 13.4. The number of nitrogens with one attached hydrogen (secondary N) is 1. The fourth-order valence-corrected chi connectivity index (χ4v) is 7.88. The minimum absolute atomic E-state index is 0.00542. The summed E-state index contributed by atoms with van der Waals surface area (Å²) in [5.74, 6) is -0.702. The predicted octanol–water partition coefficient (Wildman–Crippen LogP) is 7.46. The number of alkyl carbamates (subject to hydrolysis) is 1. The number of carbonyl (C=O) groups is 3. The van der Waals surface area contributed by atoms with Crippen molar-refractivity contribution in [2.45, 2.75) is 89.7 Å². The molecule has 2 N–H and O–H groups in total. The highest BCUT2D eigenvalue weighted by Crippen LogP contribution is 2.42. The Labute approximate surface area is 323 Å². The molecule has 3 heterocycles. The monoisotopic (exact) mass is 745 g/mol. The summed E-state index contributed by atoms with van der Waals surface area (Å²) in [5.41, 5.74) is 6.28. The second-order valence-corrected chi connectivity index (χ2v) is 15.0. The van der Waals surface area contributed by atoms with Gasteiger partial charge in [-0.25, -0.2) is 4.79 Å². The summed E-state index contributed by atoms with van der Waals surface area (Å²) in [6.07, 6.45) is 4.59. The molecule has 3 aliphatic rings. The molecule has 7 rings (SSSR count). The summed E-state index contributed by atoms with van der Waals surface area (Å²) < 4.78 is 18.8. The molecule has 0 radical (unpaired) electrons. The van der Waals surface area contributed by atoms with Gasteiger partial charge in [-0.1, -0.05) is 129 Å². The standard InChI is InChI=1S/C45H51N3O7/c1-31-40(28-47-24-10-3-2-4-11-25-47)54-44(55-42(31)35-18-16-32(29-49)17-19-35)36-22-20-34(21-23-36)38-15-9-8-14-37(38)27-48-41(50)26-39(43(48)51)46-45(52)53-30-33-12-6-5-7-13-33/h5-9,12-23,31,39-40,42,44,49H,2-4,10-11,24-30H2,1H3,(H,46,52)/t31-,39?,40+,42+,44+/m1/s1. The fraction of sp³-hybridized carbons (Fsp3) is 0.400. The van der Waals surface area contributed by atoms with E-state index >= 15 is 0 Å². The third kappa shape index (κ3) is 9.51. The maximum absolute atomic E-state index is 13.4. The molecule has 5 atom stereocenters. The molecule has 3 fully saturated rings. The molecule has 0 aromatic heterocycles. The third-order valence-electron chi connectivity index (χ3n) is 11.1. The van der Waals surface area contributed by atoms with E-state index in [0.717, 1.165) is 58.6 Å². The third-order valence-corrected chi connectivity index (χ3v) is 11.1. The highest BCUT2D eigenvalue weighted by molar-refractivity contribution is 6.06. The molecule has 4 aromatic carbocycles. The number of hydrogen-bond acceptors (Lipinski definition) is 8. The summed E-state index contributed by atoms with van der Waals surface area (Å²) in [5, 5.41) is 12.2. The summed E-state index contributed by atoms with van der Waals surface area (Å²) in [6, 6.07) is 32.1. The van der Waals surface area contributed by atoms with Crippen LogP contribution >= 0.6 is 0 Å². The smallest absolute Gasteiger partial charge is 0.408 e. The Balaban J connectivity index is 1.04. The molecule has 3 saturated heterocycles. The number of aliphatic hydroxyl groups is 1. The van der Waals surface area contributed by atoms with Crippen LogP contribution in [0.15, 0.2) is 103 Å². The normalized spacial score (nSPS) is 23.6. The molecule has 10 nitrogen and oxygen atoms in total. The quantitative estimate of drug-likeness (QED) is 0.152. The molecule has 55 heavy (non-hydrogen) atoms. The average Bonchev–Trinajstić information content (AvgIpc) is 3.46. The molecule has 0 aliphatic carbocycles. The minimum Gasteiger partial charge on any atom is -0.445 e. The first-order valence-electron chi connectivity index (χ1n) is 19.6. The second kappa shape index (κ2) is 18.2. The summed E-state index contributed by atoms with van der Waals surface area (Å²) in [7, 11) is 0. The van der Waals surface area contributed by atoms with Gasteiger partial charge < -0.3 is 29.5 Å². The van der Waals surface area contributed by atoms with Crippen LogP contribution in [0.25, 0.3) is 11.1 Å². The number of aliphatic hydroxyl groups excluding tert-OH is 1. The van der Waals surface area contributed by atoms with Crippen molar-refractivity contribution in [2.75, 3.05) is 19.6 Å². The molecule has 0 saturated carbocycles. The first kappa shape index (κ1) is 38.4. The Kier molecular flexibility index (Phi) is 12.7. The fourth-order valence-electron chi connectivity index (χ4n) is 7.88. The van der Waals surface area contributed by atoms with Gasteiger partial charge in [0.25, 0.3) is 5.91 Å². The Bertz CT molecular complexity index is 1890. The molecule has 288 valence electrons. The van der Waals surface area contributed by atoms with Crippen LogP contribution in [-0.2, 0) is 43.6 Å². The van der Waals surface area contributed by atoms with Gasteiger partial charge in [0.1, 0.15) is 12.6 Å². The van der Waals surface area contributed by atoms with E-state index in [1.807, 2.05) is 103 Å². The number of benzene rings is 4. The van der Waals surface area contributed by atoms with E-state index < -0.39 is 24.3 Å². The molecule has 4 aromatic rings. The first-order valence-corrected chi connectivity index (χ1v) is 19.6. The number of hydrogen-bond donors (Lipinski definition) is 2. The number of rotatable bonds is 11. The Morgan fingerprint density at radius 1 is 0.800 bits per heavy atom. The zero-order valence-electron chi connectivity index (χ0n) is 31.5. The SMILES string of the molecule is C[C@@H]1[C@H](CN2CCCCCCC2)O[C@H](c2ccc(-c3ccccc3CN3C(=O)CC(NC(=O)OCc4ccccc4)C3=O)cc2)O[C@@H]1c1ccc(CO)cc1. The lowest BCUT2D eigenvalue weighted by atomic mass is 9.89. The molecule has 3 amide bonds. The number of amides is 3. The molecular formula is C45H51N3O7. The van der Waals surface area contributed by atoms with Crippen LogP contribution in [0, 0.1) is 5.92 Å². The number of likely N-dealkylation sites (tertiary alicyclic amines) is 2. The van der Waals surface area contributed by atoms with E-state index in [1.165, 1.54) is 37.0 Å². The molecular weight excluding hydrogens is 695 g/mol. The lowest BCUT2D eigenvalue weighted by Gasteiger charge is -2.43. The van der Waals surface area contributed by atoms with Crippen molar-refractivity contribution in [2.24, 2.45) is 5.92 Å². The van der Waals surface area contributed by atoms with Gasteiger partial charge >= 0.3 is 6.09 Å². The van der Waals surface area contributed by atoms with Crippen molar-refractivity contribution in [3.05, 3.63) is 131 Å². The van der Waals surface area contributed by atoms with E-state index in [2.05, 4.69) is 17.1 Å². The lowest BCUT2D eigenvalue weighted by Crippen LogP contribution is -2.45. The topological polar surface area (TPSA) is 118 Å². The van der Waals surface area contributed by atoms with Crippen LogP contribution in [0.1, 0.15) is 85.7 Å². The van der Waals surface area contributed by atoms with Crippen molar-refractivity contribution in [3.63, 3.8) is 0 Å². The van der Waals surface area contributed by atoms with Gasteiger partial charge in [0.2, 0.25) is 5.91 Å². The summed E-state index contributed by atoms with van der Waals surface area (Å²) >= 11 is 0. The highest BCUT2D eigenvalue weighted by Gasteiger charge is 2.41. The second-order valence-electron chi connectivity index (χ2n) is 15.0. The van der Waals surface area contributed by atoms with E-state index in [9.17, 15) is 19.5 Å². The largest absolute Gasteiger partial charge is 0.445 e. The van der Waals surface area contributed by atoms with Gasteiger partial charge in [0.05, 0.1) is 31.8 Å².